The molecule has 0 aromatic heterocycles. The van der Waals surface area contributed by atoms with Crippen LogP contribution in [0.15, 0.2) is 24.3 Å². The number of ether oxygens (including phenoxy) is 2. The van der Waals surface area contributed by atoms with Gasteiger partial charge in [-0.25, -0.2) is 9.59 Å². The molecule has 0 fully saturated rings. The second-order valence-corrected chi connectivity index (χ2v) is 4.13. The van der Waals surface area contributed by atoms with Gasteiger partial charge in [0.1, 0.15) is 12.4 Å². The van der Waals surface area contributed by atoms with Gasteiger partial charge in [-0.1, -0.05) is 12.1 Å². The molecular formula is C13H17NO6. The molecule has 0 heterocycles. The second kappa shape index (κ2) is 7.34. The Morgan fingerprint density at radius 1 is 1.30 bits per heavy atom. The lowest BCUT2D eigenvalue weighted by molar-refractivity contribution is -0.142. The number of aliphatic hydroxyl groups excluding tert-OH is 1. The van der Waals surface area contributed by atoms with Crippen molar-refractivity contribution in [2.75, 3.05) is 7.11 Å². The highest BCUT2D eigenvalue weighted by Gasteiger charge is 2.25. The summed E-state index contributed by atoms with van der Waals surface area (Å²) in [5.74, 6) is -0.653. The molecular weight excluding hydrogens is 266 g/mol. The number of aliphatic carboxylic acids is 1. The number of carboxylic acids is 1. The molecule has 2 unspecified atom stereocenters. The lowest BCUT2D eigenvalue weighted by Crippen LogP contribution is -2.47. The molecule has 0 spiro atoms. The number of rotatable bonds is 6. The van der Waals surface area contributed by atoms with Gasteiger partial charge in [-0.15, -0.1) is 0 Å². The Hall–Kier alpha value is -2.28. The molecule has 0 aliphatic rings. The third kappa shape index (κ3) is 4.77. The van der Waals surface area contributed by atoms with Crippen molar-refractivity contribution in [3.8, 4) is 5.75 Å². The normalized spacial score (nSPS) is 13.2. The van der Waals surface area contributed by atoms with Gasteiger partial charge < -0.3 is 25.0 Å². The predicted molar refractivity (Wildman–Crippen MR) is 69.4 cm³/mol. The van der Waals surface area contributed by atoms with Crippen molar-refractivity contribution in [3.63, 3.8) is 0 Å². The lowest BCUT2D eigenvalue weighted by atomic mass is 10.2. The zero-order valence-electron chi connectivity index (χ0n) is 11.2. The van der Waals surface area contributed by atoms with Gasteiger partial charge in [0.05, 0.1) is 13.2 Å². The number of carbonyl (C=O) groups is 2. The number of nitrogens with one attached hydrogen (secondary N) is 1. The van der Waals surface area contributed by atoms with Gasteiger partial charge in [0.15, 0.2) is 6.04 Å². The maximum atomic E-state index is 11.4. The molecule has 7 heteroatoms. The molecule has 1 aromatic rings. The molecule has 1 amide bonds. The van der Waals surface area contributed by atoms with E-state index in [0.717, 1.165) is 5.56 Å². The van der Waals surface area contributed by atoms with E-state index in [1.807, 2.05) is 0 Å². The van der Waals surface area contributed by atoms with E-state index < -0.39 is 24.2 Å². The number of hydrogen-bond acceptors (Lipinski definition) is 5. The molecule has 0 radical (unpaired) electrons. The third-order valence-corrected chi connectivity index (χ3v) is 2.55. The number of carbonyl (C=O) groups excluding carboxylic acids is 1. The maximum Gasteiger partial charge on any atom is 0.408 e. The minimum atomic E-state index is -1.40. The summed E-state index contributed by atoms with van der Waals surface area (Å²) >= 11 is 0. The van der Waals surface area contributed by atoms with Crippen molar-refractivity contribution >= 4 is 12.1 Å². The first kappa shape index (κ1) is 15.8. The van der Waals surface area contributed by atoms with Crippen molar-refractivity contribution < 1.29 is 29.3 Å². The Labute approximate surface area is 116 Å². The minimum absolute atomic E-state index is 0.0119. The number of alkyl carbamates (subject to hydrolysis) is 1. The van der Waals surface area contributed by atoms with Gasteiger partial charge in [-0.3, -0.25) is 0 Å². The molecule has 110 valence electrons. The van der Waals surface area contributed by atoms with Gasteiger partial charge in [-0.2, -0.15) is 0 Å². The van der Waals surface area contributed by atoms with E-state index in [2.05, 4.69) is 5.32 Å². The topological polar surface area (TPSA) is 105 Å². The number of aliphatic hydroxyl groups is 1. The average molecular weight is 283 g/mol. The van der Waals surface area contributed by atoms with Crippen molar-refractivity contribution in [1.29, 1.82) is 0 Å². The zero-order chi connectivity index (χ0) is 15.1. The fourth-order valence-corrected chi connectivity index (χ4v) is 1.43. The van der Waals surface area contributed by atoms with Crippen molar-refractivity contribution in [3.05, 3.63) is 29.8 Å². The van der Waals surface area contributed by atoms with Crippen LogP contribution in [0.4, 0.5) is 4.79 Å². The van der Waals surface area contributed by atoms with Gasteiger partial charge in [-0.05, 0) is 24.6 Å². The van der Waals surface area contributed by atoms with Gasteiger partial charge >= 0.3 is 12.1 Å². The monoisotopic (exact) mass is 283 g/mol. The molecule has 0 bridgehead atoms. The summed E-state index contributed by atoms with van der Waals surface area (Å²) in [4.78, 5) is 22.2. The summed E-state index contributed by atoms with van der Waals surface area (Å²) < 4.78 is 9.85. The highest BCUT2D eigenvalue weighted by molar-refractivity contribution is 5.80. The van der Waals surface area contributed by atoms with Crippen LogP contribution >= 0.6 is 0 Å². The molecule has 1 rings (SSSR count). The van der Waals surface area contributed by atoms with E-state index in [4.69, 9.17) is 14.6 Å². The smallest absolute Gasteiger partial charge is 0.408 e. The van der Waals surface area contributed by atoms with E-state index in [-0.39, 0.29) is 6.61 Å². The van der Waals surface area contributed by atoms with Crippen LogP contribution in [-0.2, 0) is 16.1 Å². The number of amides is 1. The first-order chi connectivity index (χ1) is 9.43. The van der Waals surface area contributed by atoms with Crippen LogP contribution in [0.5, 0.6) is 5.75 Å². The van der Waals surface area contributed by atoms with Crippen LogP contribution in [0.2, 0.25) is 0 Å². The van der Waals surface area contributed by atoms with E-state index >= 15 is 0 Å². The van der Waals surface area contributed by atoms with E-state index in [1.54, 1.807) is 31.4 Å². The standard InChI is InChI=1S/C13H17NO6/c1-8(15)11(12(16)17)14-13(18)20-7-9-3-5-10(19-2)6-4-9/h3-6,8,11,15H,7H2,1-2H3,(H,14,18)(H,16,17). The summed E-state index contributed by atoms with van der Waals surface area (Å²) in [6, 6.07) is 5.46. The highest BCUT2D eigenvalue weighted by atomic mass is 16.5. The average Bonchev–Trinajstić information content (AvgIpc) is 2.42. The van der Waals surface area contributed by atoms with Crippen LogP contribution in [0.25, 0.3) is 0 Å². The first-order valence-corrected chi connectivity index (χ1v) is 5.91. The first-order valence-electron chi connectivity index (χ1n) is 5.91. The molecule has 3 N–H and O–H groups in total. The second-order valence-electron chi connectivity index (χ2n) is 4.13. The maximum absolute atomic E-state index is 11.4. The number of methoxy groups -OCH3 is 1. The molecule has 20 heavy (non-hydrogen) atoms. The predicted octanol–water partition coefficient (Wildman–Crippen LogP) is 0.755. The van der Waals surface area contributed by atoms with Crippen LogP contribution in [0.3, 0.4) is 0 Å². The van der Waals surface area contributed by atoms with Crippen molar-refractivity contribution in [2.24, 2.45) is 0 Å². The highest BCUT2D eigenvalue weighted by Crippen LogP contribution is 2.11. The minimum Gasteiger partial charge on any atom is -0.497 e. The zero-order valence-corrected chi connectivity index (χ0v) is 11.2. The fourth-order valence-electron chi connectivity index (χ4n) is 1.43. The van der Waals surface area contributed by atoms with Gasteiger partial charge in [0.25, 0.3) is 0 Å². The lowest BCUT2D eigenvalue weighted by Gasteiger charge is -2.16. The summed E-state index contributed by atoms with van der Waals surface area (Å²) in [6.45, 7) is 1.25. The summed E-state index contributed by atoms with van der Waals surface area (Å²) in [5.41, 5.74) is 0.727. The van der Waals surface area contributed by atoms with Crippen molar-refractivity contribution in [2.45, 2.75) is 25.7 Å². The fraction of sp³-hybridized carbons (Fsp3) is 0.385. The number of hydrogen-bond donors (Lipinski definition) is 3. The Kier molecular flexibility index (Phi) is 5.79. The largest absolute Gasteiger partial charge is 0.497 e. The Morgan fingerprint density at radius 3 is 2.35 bits per heavy atom. The molecule has 0 aliphatic heterocycles. The molecule has 1 aromatic carbocycles. The molecule has 0 saturated carbocycles. The number of benzene rings is 1. The van der Waals surface area contributed by atoms with Crippen LogP contribution in [-0.4, -0.2) is 41.5 Å². The van der Waals surface area contributed by atoms with Crippen LogP contribution in [0, 0.1) is 0 Å². The Morgan fingerprint density at radius 2 is 1.90 bits per heavy atom. The summed E-state index contributed by atoms with van der Waals surface area (Å²) in [5, 5.41) is 20.1. The molecule has 0 saturated heterocycles. The van der Waals surface area contributed by atoms with Gasteiger partial charge in [0, 0.05) is 0 Å². The SMILES string of the molecule is COc1ccc(COC(=O)NC(C(=O)O)C(C)O)cc1. The molecule has 2 atom stereocenters. The van der Waals surface area contributed by atoms with E-state index in [9.17, 15) is 14.7 Å². The summed E-state index contributed by atoms with van der Waals surface area (Å²) in [6.07, 6.45) is -2.13. The Balaban J connectivity index is 2.47. The molecule has 7 nitrogen and oxygen atoms in total. The van der Waals surface area contributed by atoms with E-state index in [1.165, 1.54) is 6.92 Å². The van der Waals surface area contributed by atoms with Crippen LogP contribution < -0.4 is 10.1 Å². The van der Waals surface area contributed by atoms with Crippen molar-refractivity contribution in [1.82, 2.24) is 5.32 Å². The molecule has 0 aliphatic carbocycles. The number of carboxylic acid groups (broad SMARTS) is 1. The van der Waals surface area contributed by atoms with Crippen LogP contribution in [0.1, 0.15) is 12.5 Å². The van der Waals surface area contributed by atoms with Gasteiger partial charge in [0.2, 0.25) is 0 Å². The third-order valence-electron chi connectivity index (χ3n) is 2.55. The van der Waals surface area contributed by atoms with E-state index in [0.29, 0.717) is 5.75 Å². The Bertz CT molecular complexity index is 456. The summed E-state index contributed by atoms with van der Waals surface area (Å²) in [7, 11) is 1.54. The quantitative estimate of drug-likeness (QED) is 0.711.